The zero-order valence-corrected chi connectivity index (χ0v) is 16.2. The first-order chi connectivity index (χ1) is 13.3. The molecule has 0 saturated heterocycles. The molecule has 0 bridgehead atoms. The van der Waals surface area contributed by atoms with E-state index in [2.05, 4.69) is 10.6 Å². The molecule has 1 aliphatic rings. The van der Waals surface area contributed by atoms with Gasteiger partial charge >= 0.3 is 0 Å². The number of carbonyl (C=O) groups is 3. The summed E-state index contributed by atoms with van der Waals surface area (Å²) in [6.07, 6.45) is 0. The van der Waals surface area contributed by atoms with Crippen molar-refractivity contribution in [2.45, 2.75) is 38.8 Å². The molecule has 2 aromatic rings. The van der Waals surface area contributed by atoms with Crippen LogP contribution >= 0.6 is 0 Å². The van der Waals surface area contributed by atoms with Crippen LogP contribution in [0.2, 0.25) is 0 Å². The number of hydrogen-bond acceptors (Lipinski definition) is 3. The first-order valence-corrected chi connectivity index (χ1v) is 9.36. The minimum Gasteiger partial charge on any atom is -0.368 e. The Morgan fingerprint density at radius 3 is 1.82 bits per heavy atom. The summed E-state index contributed by atoms with van der Waals surface area (Å²) in [6, 6.07) is 14.0. The molecule has 0 aromatic heterocycles. The highest BCUT2D eigenvalue weighted by atomic mass is 16.2. The number of primary amides is 1. The second-order valence-electron chi connectivity index (χ2n) is 7.46. The number of nitrogens with one attached hydrogen (secondary N) is 2. The summed E-state index contributed by atoms with van der Waals surface area (Å²) in [6.45, 7) is 5.02. The number of amides is 3. The Labute approximate surface area is 164 Å². The fourth-order valence-corrected chi connectivity index (χ4v) is 3.87. The van der Waals surface area contributed by atoms with Gasteiger partial charge < -0.3 is 16.4 Å². The highest BCUT2D eigenvalue weighted by Crippen LogP contribution is 2.46. The molecule has 2 aromatic carbocycles. The molecule has 0 spiro atoms. The molecule has 2 atom stereocenters. The van der Waals surface area contributed by atoms with Gasteiger partial charge in [-0.25, -0.2) is 0 Å². The van der Waals surface area contributed by atoms with Crippen LogP contribution in [0.5, 0.6) is 0 Å². The SMILES string of the molecule is CC(=O)N[C@@H](C(=O)N[C@H](C(N)=O)C1c2ccccc2-c2ccccc21)C(C)C. The van der Waals surface area contributed by atoms with Crippen molar-refractivity contribution in [2.24, 2.45) is 11.7 Å². The number of benzene rings is 2. The lowest BCUT2D eigenvalue weighted by Gasteiger charge is -2.28. The largest absolute Gasteiger partial charge is 0.368 e. The van der Waals surface area contributed by atoms with Gasteiger partial charge in [0.05, 0.1) is 0 Å². The van der Waals surface area contributed by atoms with Crippen molar-refractivity contribution < 1.29 is 14.4 Å². The Morgan fingerprint density at radius 2 is 1.39 bits per heavy atom. The topological polar surface area (TPSA) is 101 Å². The molecular formula is C22H25N3O3. The molecule has 146 valence electrons. The van der Waals surface area contributed by atoms with Crippen LogP contribution < -0.4 is 16.4 Å². The van der Waals surface area contributed by atoms with E-state index in [9.17, 15) is 14.4 Å². The van der Waals surface area contributed by atoms with E-state index in [1.54, 1.807) is 0 Å². The van der Waals surface area contributed by atoms with Gasteiger partial charge in [-0.3, -0.25) is 14.4 Å². The maximum Gasteiger partial charge on any atom is 0.243 e. The lowest BCUT2D eigenvalue weighted by molar-refractivity contribution is -0.132. The fraction of sp³-hybridized carbons (Fsp3) is 0.318. The van der Waals surface area contributed by atoms with Crippen molar-refractivity contribution in [2.75, 3.05) is 0 Å². The van der Waals surface area contributed by atoms with Crippen LogP contribution in [0.3, 0.4) is 0 Å². The predicted octanol–water partition coefficient (Wildman–Crippen LogP) is 1.93. The quantitative estimate of drug-likeness (QED) is 0.715. The van der Waals surface area contributed by atoms with E-state index in [4.69, 9.17) is 5.73 Å². The zero-order chi connectivity index (χ0) is 20.4. The van der Waals surface area contributed by atoms with Crippen LogP contribution in [0.15, 0.2) is 48.5 Å². The summed E-state index contributed by atoms with van der Waals surface area (Å²) in [5.41, 5.74) is 9.69. The van der Waals surface area contributed by atoms with Crippen molar-refractivity contribution in [3.63, 3.8) is 0 Å². The molecule has 0 unspecified atom stereocenters. The molecular weight excluding hydrogens is 354 g/mol. The molecule has 0 aliphatic heterocycles. The van der Waals surface area contributed by atoms with Crippen LogP contribution in [0, 0.1) is 5.92 Å². The van der Waals surface area contributed by atoms with E-state index in [0.29, 0.717) is 0 Å². The normalized spacial score (nSPS) is 14.7. The second-order valence-corrected chi connectivity index (χ2v) is 7.46. The molecule has 6 heteroatoms. The van der Waals surface area contributed by atoms with Crippen molar-refractivity contribution in [3.05, 3.63) is 59.7 Å². The van der Waals surface area contributed by atoms with E-state index in [-0.39, 0.29) is 17.7 Å². The Balaban J connectivity index is 1.98. The second kappa shape index (κ2) is 7.84. The molecule has 1 aliphatic carbocycles. The molecule has 0 fully saturated rings. The van der Waals surface area contributed by atoms with Crippen molar-refractivity contribution in [1.82, 2.24) is 10.6 Å². The van der Waals surface area contributed by atoms with Gasteiger partial charge in [-0.2, -0.15) is 0 Å². The van der Waals surface area contributed by atoms with Gasteiger partial charge in [0.25, 0.3) is 0 Å². The monoisotopic (exact) mass is 379 g/mol. The Hall–Kier alpha value is -3.15. The van der Waals surface area contributed by atoms with Gasteiger partial charge in [0.2, 0.25) is 17.7 Å². The van der Waals surface area contributed by atoms with Gasteiger partial charge in [0.1, 0.15) is 12.1 Å². The molecule has 0 heterocycles. The third-order valence-electron chi connectivity index (χ3n) is 5.13. The van der Waals surface area contributed by atoms with Gasteiger partial charge in [-0.1, -0.05) is 62.4 Å². The first-order valence-electron chi connectivity index (χ1n) is 9.36. The van der Waals surface area contributed by atoms with E-state index in [1.807, 2.05) is 62.4 Å². The average molecular weight is 379 g/mol. The molecule has 28 heavy (non-hydrogen) atoms. The fourth-order valence-electron chi connectivity index (χ4n) is 3.87. The third-order valence-corrected chi connectivity index (χ3v) is 5.13. The smallest absolute Gasteiger partial charge is 0.243 e. The molecule has 3 rings (SSSR count). The summed E-state index contributed by atoms with van der Waals surface area (Å²) < 4.78 is 0. The summed E-state index contributed by atoms with van der Waals surface area (Å²) in [4.78, 5) is 36.7. The Bertz CT molecular complexity index is 877. The highest BCUT2D eigenvalue weighted by Gasteiger charge is 2.39. The van der Waals surface area contributed by atoms with Gasteiger partial charge in [-0.15, -0.1) is 0 Å². The molecule has 6 nitrogen and oxygen atoms in total. The standard InChI is InChI=1S/C22H25N3O3/c1-12(2)19(24-13(3)26)22(28)25-20(21(23)27)18-16-10-6-4-8-14(16)15-9-5-7-11-17(15)18/h4-12,18-20H,1-3H3,(H2,23,27)(H,24,26)(H,25,28)/t19-,20+/m1/s1. The molecule has 4 N–H and O–H groups in total. The van der Waals surface area contributed by atoms with Gasteiger partial charge in [0.15, 0.2) is 0 Å². The number of carbonyl (C=O) groups excluding carboxylic acids is 3. The first kappa shape index (κ1) is 19.6. The van der Waals surface area contributed by atoms with Crippen LogP contribution in [0.1, 0.15) is 37.8 Å². The van der Waals surface area contributed by atoms with Gasteiger partial charge in [0, 0.05) is 12.8 Å². The minimum atomic E-state index is -0.924. The summed E-state index contributed by atoms with van der Waals surface area (Å²) in [5.74, 6) is -1.85. The molecule has 0 radical (unpaired) electrons. The number of fused-ring (bicyclic) bond motifs is 3. The zero-order valence-electron chi connectivity index (χ0n) is 16.2. The van der Waals surface area contributed by atoms with Crippen LogP contribution in [0.25, 0.3) is 11.1 Å². The lowest BCUT2D eigenvalue weighted by atomic mass is 9.88. The summed E-state index contributed by atoms with van der Waals surface area (Å²) in [7, 11) is 0. The molecule has 0 saturated carbocycles. The van der Waals surface area contributed by atoms with Crippen LogP contribution in [-0.2, 0) is 14.4 Å². The summed E-state index contributed by atoms with van der Waals surface area (Å²) >= 11 is 0. The van der Waals surface area contributed by atoms with E-state index in [0.717, 1.165) is 22.3 Å². The van der Waals surface area contributed by atoms with Crippen LogP contribution in [-0.4, -0.2) is 29.8 Å². The number of nitrogens with two attached hydrogens (primary N) is 1. The van der Waals surface area contributed by atoms with Gasteiger partial charge in [-0.05, 0) is 28.2 Å². The summed E-state index contributed by atoms with van der Waals surface area (Å²) in [5, 5.41) is 5.45. The predicted molar refractivity (Wildman–Crippen MR) is 107 cm³/mol. The van der Waals surface area contributed by atoms with Crippen LogP contribution in [0.4, 0.5) is 0 Å². The van der Waals surface area contributed by atoms with E-state index in [1.165, 1.54) is 6.92 Å². The highest BCUT2D eigenvalue weighted by molar-refractivity contribution is 5.94. The van der Waals surface area contributed by atoms with Crippen molar-refractivity contribution in [3.8, 4) is 11.1 Å². The van der Waals surface area contributed by atoms with E-state index >= 15 is 0 Å². The third kappa shape index (κ3) is 3.63. The minimum absolute atomic E-state index is 0.138. The Morgan fingerprint density at radius 1 is 0.893 bits per heavy atom. The van der Waals surface area contributed by atoms with Crippen molar-refractivity contribution >= 4 is 17.7 Å². The molecule has 3 amide bonds. The number of hydrogen-bond donors (Lipinski definition) is 3. The van der Waals surface area contributed by atoms with Crippen molar-refractivity contribution in [1.29, 1.82) is 0 Å². The lowest BCUT2D eigenvalue weighted by Crippen LogP contribution is -2.56. The maximum atomic E-state index is 12.9. The Kier molecular flexibility index (Phi) is 5.49. The van der Waals surface area contributed by atoms with E-state index < -0.39 is 23.9 Å². The average Bonchev–Trinajstić information content (AvgIpc) is 2.98. The maximum absolute atomic E-state index is 12.9. The number of rotatable bonds is 6.